The van der Waals surface area contributed by atoms with Crippen molar-refractivity contribution in [2.75, 3.05) is 10.7 Å². The molecule has 7 nitrogen and oxygen atoms in total. The normalized spacial score (nSPS) is 12.7. The fraction of sp³-hybridized carbons (Fsp3) is 0.417. The minimum atomic E-state index is -0.501. The Morgan fingerprint density at radius 2 is 2.10 bits per heavy atom. The highest BCUT2D eigenvalue weighted by atomic mass is 32.1. The summed E-state index contributed by atoms with van der Waals surface area (Å²) in [4.78, 5) is 22.0. The van der Waals surface area contributed by atoms with Gasteiger partial charge in [-0.1, -0.05) is 13.8 Å². The molecule has 0 radical (unpaired) electrons. The van der Waals surface area contributed by atoms with E-state index in [1.165, 1.54) is 11.3 Å². The second kappa shape index (κ2) is 5.59. The molecule has 0 aromatic carbocycles. The number of thiophene rings is 1. The van der Waals surface area contributed by atoms with Gasteiger partial charge in [0.25, 0.3) is 0 Å². The number of amides is 1. The van der Waals surface area contributed by atoms with Gasteiger partial charge in [-0.2, -0.15) is 4.98 Å². The average Bonchev–Trinajstić information content (AvgIpc) is 2.74. The number of hydrazine groups is 1. The number of nitrogens with two attached hydrogens (primary N) is 2. The van der Waals surface area contributed by atoms with Crippen LogP contribution in [0.15, 0.2) is 6.07 Å². The number of primary amides is 1. The molecular weight excluding hydrogens is 276 g/mol. The van der Waals surface area contributed by atoms with Crippen LogP contribution in [-0.2, 0) is 4.79 Å². The molecule has 0 spiro atoms. The van der Waals surface area contributed by atoms with Crippen molar-refractivity contribution in [1.82, 2.24) is 9.97 Å². The lowest BCUT2D eigenvalue weighted by atomic mass is 10.0. The molecule has 108 valence electrons. The standard InChI is InChI=1S/C12H18N6OS/c1-5(2)8(9(13)19)15-10-7-4-6(3)20-11(7)17-12(16-10)18-14/h4-5,8H,14H2,1-3H3,(H2,13,19)(H2,15,16,17,18). The van der Waals surface area contributed by atoms with Gasteiger partial charge >= 0.3 is 0 Å². The van der Waals surface area contributed by atoms with Gasteiger partial charge in [-0.25, -0.2) is 10.8 Å². The molecule has 0 fully saturated rings. The van der Waals surface area contributed by atoms with Crippen molar-refractivity contribution in [2.24, 2.45) is 17.5 Å². The quantitative estimate of drug-likeness (QED) is 0.486. The zero-order chi connectivity index (χ0) is 14.9. The maximum absolute atomic E-state index is 11.5. The molecule has 1 unspecified atom stereocenters. The van der Waals surface area contributed by atoms with Crippen LogP contribution in [-0.4, -0.2) is 21.9 Å². The molecule has 1 amide bonds. The van der Waals surface area contributed by atoms with Crippen LogP contribution < -0.4 is 22.3 Å². The summed E-state index contributed by atoms with van der Waals surface area (Å²) in [7, 11) is 0. The van der Waals surface area contributed by atoms with E-state index < -0.39 is 11.9 Å². The molecule has 6 N–H and O–H groups in total. The summed E-state index contributed by atoms with van der Waals surface area (Å²) in [5.41, 5.74) is 7.85. The smallest absolute Gasteiger partial charge is 0.240 e. The van der Waals surface area contributed by atoms with Crippen molar-refractivity contribution in [1.29, 1.82) is 0 Å². The lowest BCUT2D eigenvalue weighted by molar-refractivity contribution is -0.119. The minimum absolute atomic E-state index is 0.0477. The summed E-state index contributed by atoms with van der Waals surface area (Å²) in [5.74, 6) is 5.87. The predicted octanol–water partition coefficient (Wildman–Crippen LogP) is 1.21. The monoisotopic (exact) mass is 294 g/mol. The van der Waals surface area contributed by atoms with Crippen LogP contribution in [0.5, 0.6) is 0 Å². The van der Waals surface area contributed by atoms with Crippen molar-refractivity contribution >= 4 is 39.2 Å². The number of hydrogen-bond acceptors (Lipinski definition) is 7. The lowest BCUT2D eigenvalue weighted by Gasteiger charge is -2.20. The number of carbonyl (C=O) groups excluding carboxylic acids is 1. The summed E-state index contributed by atoms with van der Waals surface area (Å²) in [6.07, 6.45) is 0. The van der Waals surface area contributed by atoms with Crippen molar-refractivity contribution in [3.05, 3.63) is 10.9 Å². The Labute approximate surface area is 120 Å². The number of hydrogen-bond donors (Lipinski definition) is 4. The molecule has 0 saturated carbocycles. The summed E-state index contributed by atoms with van der Waals surface area (Å²) >= 11 is 1.54. The topological polar surface area (TPSA) is 119 Å². The zero-order valence-electron chi connectivity index (χ0n) is 11.6. The minimum Gasteiger partial charge on any atom is -0.368 e. The van der Waals surface area contributed by atoms with E-state index in [4.69, 9.17) is 11.6 Å². The van der Waals surface area contributed by atoms with E-state index in [9.17, 15) is 4.79 Å². The molecule has 0 aliphatic carbocycles. The van der Waals surface area contributed by atoms with E-state index >= 15 is 0 Å². The number of aryl methyl sites for hydroxylation is 1. The Morgan fingerprint density at radius 1 is 1.40 bits per heavy atom. The molecule has 8 heteroatoms. The average molecular weight is 294 g/mol. The third-order valence-corrected chi connectivity index (χ3v) is 3.85. The van der Waals surface area contributed by atoms with Gasteiger partial charge in [0.1, 0.15) is 16.7 Å². The van der Waals surface area contributed by atoms with Gasteiger partial charge in [-0.15, -0.1) is 11.3 Å². The molecule has 0 aliphatic heterocycles. The van der Waals surface area contributed by atoms with Gasteiger partial charge in [0.15, 0.2) is 0 Å². The van der Waals surface area contributed by atoms with E-state index in [-0.39, 0.29) is 5.92 Å². The van der Waals surface area contributed by atoms with Crippen LogP contribution >= 0.6 is 11.3 Å². The molecular formula is C12H18N6OS. The van der Waals surface area contributed by atoms with Crippen LogP contribution in [0, 0.1) is 12.8 Å². The van der Waals surface area contributed by atoms with Gasteiger partial charge in [0, 0.05) is 4.88 Å². The summed E-state index contributed by atoms with van der Waals surface area (Å²) < 4.78 is 0. The van der Waals surface area contributed by atoms with E-state index in [0.717, 1.165) is 15.1 Å². The van der Waals surface area contributed by atoms with Gasteiger partial charge in [-0.05, 0) is 18.9 Å². The van der Waals surface area contributed by atoms with Crippen LogP contribution in [0.1, 0.15) is 18.7 Å². The zero-order valence-corrected chi connectivity index (χ0v) is 12.4. The van der Waals surface area contributed by atoms with Crippen LogP contribution in [0.25, 0.3) is 10.2 Å². The highest BCUT2D eigenvalue weighted by molar-refractivity contribution is 7.18. The van der Waals surface area contributed by atoms with Crippen LogP contribution in [0.3, 0.4) is 0 Å². The highest BCUT2D eigenvalue weighted by Gasteiger charge is 2.21. The second-order valence-corrected chi connectivity index (χ2v) is 6.12. The SMILES string of the molecule is Cc1cc2c(NC(C(N)=O)C(C)C)nc(NN)nc2s1. The fourth-order valence-corrected chi connectivity index (χ4v) is 2.81. The van der Waals surface area contributed by atoms with E-state index in [0.29, 0.717) is 11.8 Å². The number of carbonyl (C=O) groups is 1. The number of rotatable bonds is 5. The molecule has 0 saturated heterocycles. The second-order valence-electron chi connectivity index (χ2n) is 4.88. The van der Waals surface area contributed by atoms with Gasteiger partial charge in [-0.3, -0.25) is 10.2 Å². The number of nitrogens with one attached hydrogen (secondary N) is 2. The molecule has 2 rings (SSSR count). The number of anilines is 2. The van der Waals surface area contributed by atoms with Crippen molar-refractivity contribution in [3.63, 3.8) is 0 Å². The Kier molecular flexibility index (Phi) is 4.05. The van der Waals surface area contributed by atoms with Gasteiger partial charge in [0.05, 0.1) is 5.39 Å². The number of nitrogen functional groups attached to an aromatic ring is 1. The molecule has 2 aromatic rings. The summed E-state index contributed by atoms with van der Waals surface area (Å²) in [5, 5.41) is 3.95. The Balaban J connectivity index is 2.48. The highest BCUT2D eigenvalue weighted by Crippen LogP contribution is 2.30. The molecule has 0 bridgehead atoms. The Bertz CT molecular complexity index is 638. The largest absolute Gasteiger partial charge is 0.368 e. The number of fused-ring (bicyclic) bond motifs is 1. The van der Waals surface area contributed by atoms with Crippen LogP contribution in [0.4, 0.5) is 11.8 Å². The third-order valence-electron chi connectivity index (χ3n) is 2.91. The first-order valence-electron chi connectivity index (χ1n) is 6.23. The number of aromatic nitrogens is 2. The molecule has 2 aromatic heterocycles. The Morgan fingerprint density at radius 3 is 2.65 bits per heavy atom. The summed E-state index contributed by atoms with van der Waals surface area (Å²) in [6, 6.07) is 1.47. The maximum atomic E-state index is 11.5. The molecule has 0 aliphatic rings. The van der Waals surface area contributed by atoms with Crippen molar-refractivity contribution < 1.29 is 4.79 Å². The fourth-order valence-electron chi connectivity index (χ4n) is 1.93. The van der Waals surface area contributed by atoms with E-state index in [2.05, 4.69) is 20.7 Å². The number of nitrogens with zero attached hydrogens (tertiary/aromatic N) is 2. The first kappa shape index (κ1) is 14.5. The van der Waals surface area contributed by atoms with Gasteiger partial charge < -0.3 is 11.1 Å². The van der Waals surface area contributed by atoms with Crippen molar-refractivity contribution in [3.8, 4) is 0 Å². The first-order valence-corrected chi connectivity index (χ1v) is 7.04. The maximum Gasteiger partial charge on any atom is 0.240 e. The first-order chi connectivity index (χ1) is 9.42. The third kappa shape index (κ3) is 2.81. The molecule has 20 heavy (non-hydrogen) atoms. The Hall–Kier alpha value is -1.93. The summed E-state index contributed by atoms with van der Waals surface area (Å²) in [6.45, 7) is 5.82. The van der Waals surface area contributed by atoms with Crippen molar-refractivity contribution in [2.45, 2.75) is 26.8 Å². The van der Waals surface area contributed by atoms with Gasteiger partial charge in [0.2, 0.25) is 11.9 Å². The molecule has 1 atom stereocenters. The lowest BCUT2D eigenvalue weighted by Crippen LogP contribution is -2.39. The van der Waals surface area contributed by atoms with E-state index in [1.54, 1.807) is 0 Å². The van der Waals surface area contributed by atoms with Crippen LogP contribution in [0.2, 0.25) is 0 Å². The predicted molar refractivity (Wildman–Crippen MR) is 81.4 cm³/mol. The van der Waals surface area contributed by atoms with E-state index in [1.807, 2.05) is 26.8 Å². The molecule has 2 heterocycles.